The Morgan fingerprint density at radius 3 is 2.20 bits per heavy atom. The van der Waals surface area contributed by atoms with E-state index in [1.807, 2.05) is 19.2 Å². The molecule has 3 rings (SSSR count). The Morgan fingerprint density at radius 2 is 1.68 bits per heavy atom. The smallest absolute Gasteiger partial charge is 0.255 e. The summed E-state index contributed by atoms with van der Waals surface area (Å²) >= 11 is 1.54. The van der Waals surface area contributed by atoms with Crippen molar-refractivity contribution in [2.45, 2.75) is 18.7 Å². The maximum Gasteiger partial charge on any atom is 0.255 e. The van der Waals surface area contributed by atoms with Crippen molar-refractivity contribution < 1.29 is 17.6 Å². The Balaban J connectivity index is 1.70. The molecule has 0 N–H and O–H groups in total. The summed E-state index contributed by atoms with van der Waals surface area (Å²) in [5, 5.41) is 1.86. The van der Waals surface area contributed by atoms with E-state index >= 15 is 0 Å². The molecular weight excluding hydrogens is 363 g/mol. The zero-order chi connectivity index (χ0) is 18.2. The average Bonchev–Trinajstić information content (AvgIpc) is 2.94. The Morgan fingerprint density at radius 1 is 1.08 bits per heavy atom. The highest BCUT2D eigenvalue weighted by molar-refractivity contribution is 7.89. The monoisotopic (exact) mass is 382 g/mol. The number of hydrogen-bond donors (Lipinski definition) is 0. The summed E-state index contributed by atoms with van der Waals surface area (Å²) in [6, 6.07) is 4.79. The molecule has 8 heteroatoms. The van der Waals surface area contributed by atoms with Crippen LogP contribution < -0.4 is 0 Å². The number of hydrogen-bond acceptors (Lipinski definition) is 4. The highest BCUT2D eigenvalue weighted by atomic mass is 32.2. The Bertz CT molecular complexity index is 883. The number of carbonyl (C=O) groups is 1. The van der Waals surface area contributed by atoms with Gasteiger partial charge in [0, 0.05) is 36.4 Å². The minimum Gasteiger partial charge on any atom is -0.336 e. The van der Waals surface area contributed by atoms with Crippen LogP contribution in [0.2, 0.25) is 0 Å². The summed E-state index contributed by atoms with van der Waals surface area (Å²) in [6.07, 6.45) is 0. The van der Waals surface area contributed by atoms with Crippen LogP contribution in [0.1, 0.15) is 20.8 Å². The van der Waals surface area contributed by atoms with E-state index in [0.29, 0.717) is 18.7 Å². The van der Waals surface area contributed by atoms with Crippen LogP contribution in [0.25, 0.3) is 0 Å². The zero-order valence-corrected chi connectivity index (χ0v) is 15.7. The fourth-order valence-corrected chi connectivity index (χ4v) is 5.06. The number of piperazine rings is 1. The molecule has 0 radical (unpaired) electrons. The van der Waals surface area contributed by atoms with Crippen molar-refractivity contribution in [3.63, 3.8) is 0 Å². The quantitative estimate of drug-likeness (QED) is 0.820. The van der Waals surface area contributed by atoms with Crippen LogP contribution in [-0.4, -0.2) is 49.7 Å². The standard InChI is InChI=1S/C17H19FN2O3S2/c1-12-13(2)24-11-16(12)17(21)19-7-9-20(10-8-19)25(22,23)15-5-3-14(18)4-6-15/h3-6,11H,7-10H2,1-2H3. The predicted octanol–water partition coefficient (Wildman–Crippen LogP) is 2.65. The number of sulfonamides is 1. The van der Waals surface area contributed by atoms with Gasteiger partial charge in [0.15, 0.2) is 0 Å². The lowest BCUT2D eigenvalue weighted by Crippen LogP contribution is -2.50. The SMILES string of the molecule is Cc1scc(C(=O)N2CCN(S(=O)(=O)c3ccc(F)cc3)CC2)c1C. The Labute approximate surface area is 150 Å². The topological polar surface area (TPSA) is 57.7 Å². The fraction of sp³-hybridized carbons (Fsp3) is 0.353. The van der Waals surface area contributed by atoms with Crippen LogP contribution in [0.15, 0.2) is 34.5 Å². The number of aryl methyl sites for hydroxylation is 1. The van der Waals surface area contributed by atoms with Gasteiger partial charge in [0.1, 0.15) is 5.82 Å². The van der Waals surface area contributed by atoms with Crippen molar-refractivity contribution in [3.05, 3.63) is 51.5 Å². The maximum absolute atomic E-state index is 13.0. The summed E-state index contributed by atoms with van der Waals surface area (Å²) in [7, 11) is -3.67. The van der Waals surface area contributed by atoms with Gasteiger partial charge in [-0.15, -0.1) is 11.3 Å². The summed E-state index contributed by atoms with van der Waals surface area (Å²) in [4.78, 5) is 15.5. The first-order valence-corrected chi connectivity index (χ1v) is 10.2. The van der Waals surface area contributed by atoms with Crippen LogP contribution in [0.4, 0.5) is 4.39 Å². The molecule has 0 atom stereocenters. The van der Waals surface area contributed by atoms with Crippen molar-refractivity contribution in [2.24, 2.45) is 0 Å². The third-order valence-electron chi connectivity index (χ3n) is 4.49. The molecule has 1 amide bonds. The first kappa shape index (κ1) is 18.0. The lowest BCUT2D eigenvalue weighted by molar-refractivity contribution is 0.0697. The second-order valence-electron chi connectivity index (χ2n) is 5.98. The van der Waals surface area contributed by atoms with Gasteiger partial charge in [-0.05, 0) is 43.7 Å². The number of rotatable bonds is 3. The molecule has 25 heavy (non-hydrogen) atoms. The molecule has 134 valence electrons. The molecule has 5 nitrogen and oxygen atoms in total. The van der Waals surface area contributed by atoms with Crippen LogP contribution in [-0.2, 0) is 10.0 Å². The molecule has 0 saturated carbocycles. The summed E-state index contributed by atoms with van der Waals surface area (Å²) in [5.41, 5.74) is 1.67. The largest absolute Gasteiger partial charge is 0.336 e. The molecule has 0 spiro atoms. The maximum atomic E-state index is 13.0. The van der Waals surface area contributed by atoms with Gasteiger partial charge in [-0.3, -0.25) is 4.79 Å². The van der Waals surface area contributed by atoms with Gasteiger partial charge in [0.2, 0.25) is 10.0 Å². The highest BCUT2D eigenvalue weighted by Gasteiger charge is 2.31. The van der Waals surface area contributed by atoms with Gasteiger partial charge >= 0.3 is 0 Å². The van der Waals surface area contributed by atoms with E-state index in [4.69, 9.17) is 0 Å². The van der Waals surface area contributed by atoms with E-state index in [1.54, 1.807) is 16.2 Å². The van der Waals surface area contributed by atoms with E-state index in [9.17, 15) is 17.6 Å². The molecule has 0 bridgehead atoms. The minimum absolute atomic E-state index is 0.0549. The van der Waals surface area contributed by atoms with E-state index in [1.165, 1.54) is 16.4 Å². The second-order valence-corrected chi connectivity index (χ2v) is 9.00. The first-order valence-electron chi connectivity index (χ1n) is 7.90. The number of benzene rings is 1. The fourth-order valence-electron chi connectivity index (χ4n) is 2.78. The number of nitrogens with zero attached hydrogens (tertiary/aromatic N) is 2. The molecule has 1 fully saturated rings. The molecule has 2 aromatic rings. The van der Waals surface area contributed by atoms with E-state index in [2.05, 4.69) is 0 Å². The Kier molecular flexibility index (Phi) is 4.95. The third-order valence-corrected chi connectivity index (χ3v) is 7.42. The lowest BCUT2D eigenvalue weighted by atomic mass is 10.1. The predicted molar refractivity (Wildman–Crippen MR) is 94.9 cm³/mol. The molecule has 1 aliphatic rings. The summed E-state index contributed by atoms with van der Waals surface area (Å²) in [5.74, 6) is -0.531. The van der Waals surface area contributed by atoms with Crippen LogP contribution >= 0.6 is 11.3 Å². The lowest BCUT2D eigenvalue weighted by Gasteiger charge is -2.34. The number of halogens is 1. The van der Waals surface area contributed by atoms with E-state index in [0.717, 1.165) is 22.6 Å². The molecule has 1 aromatic carbocycles. The van der Waals surface area contributed by atoms with Crippen molar-refractivity contribution in [1.82, 2.24) is 9.21 Å². The van der Waals surface area contributed by atoms with Gasteiger partial charge < -0.3 is 4.90 Å². The van der Waals surface area contributed by atoms with Crippen molar-refractivity contribution in [3.8, 4) is 0 Å². The molecule has 1 aliphatic heterocycles. The molecule has 0 aliphatic carbocycles. The first-order chi connectivity index (χ1) is 11.8. The summed E-state index contributed by atoms with van der Waals surface area (Å²) < 4.78 is 39.6. The van der Waals surface area contributed by atoms with E-state index < -0.39 is 15.8 Å². The zero-order valence-electron chi connectivity index (χ0n) is 14.0. The van der Waals surface area contributed by atoms with Gasteiger partial charge in [-0.25, -0.2) is 12.8 Å². The molecule has 1 saturated heterocycles. The Hall–Kier alpha value is -1.77. The van der Waals surface area contributed by atoms with Crippen molar-refractivity contribution in [1.29, 1.82) is 0 Å². The van der Waals surface area contributed by atoms with Crippen LogP contribution in [0.3, 0.4) is 0 Å². The van der Waals surface area contributed by atoms with Gasteiger partial charge in [0.25, 0.3) is 5.91 Å². The van der Waals surface area contributed by atoms with Crippen molar-refractivity contribution in [2.75, 3.05) is 26.2 Å². The summed E-state index contributed by atoms with van der Waals surface area (Å²) in [6.45, 7) is 5.04. The van der Waals surface area contributed by atoms with Crippen LogP contribution in [0, 0.1) is 19.7 Å². The number of carbonyl (C=O) groups excluding carboxylic acids is 1. The van der Waals surface area contributed by atoms with Crippen LogP contribution in [0.5, 0.6) is 0 Å². The normalized spacial score (nSPS) is 16.2. The molecule has 0 unspecified atom stereocenters. The molecule has 2 heterocycles. The molecule has 1 aromatic heterocycles. The second kappa shape index (κ2) is 6.86. The highest BCUT2D eigenvalue weighted by Crippen LogP contribution is 2.23. The molecular formula is C17H19FN2O3S2. The minimum atomic E-state index is -3.67. The van der Waals surface area contributed by atoms with Crippen molar-refractivity contribution >= 4 is 27.3 Å². The van der Waals surface area contributed by atoms with E-state index in [-0.39, 0.29) is 23.9 Å². The average molecular weight is 382 g/mol. The number of amides is 1. The van der Waals surface area contributed by atoms with Gasteiger partial charge in [-0.2, -0.15) is 4.31 Å². The third kappa shape index (κ3) is 3.47. The van der Waals surface area contributed by atoms with Gasteiger partial charge in [-0.1, -0.05) is 0 Å². The number of thiophene rings is 1. The van der Waals surface area contributed by atoms with Gasteiger partial charge in [0.05, 0.1) is 10.5 Å².